The van der Waals surface area contributed by atoms with Crippen molar-refractivity contribution in [2.24, 2.45) is 5.92 Å². The minimum absolute atomic E-state index is 0.102. The number of alkyl halides is 3. The van der Waals surface area contributed by atoms with Gasteiger partial charge in [0.25, 0.3) is 0 Å². The lowest BCUT2D eigenvalue weighted by Gasteiger charge is -2.39. The molecule has 0 spiro atoms. The molecule has 0 unspecified atom stereocenters. The zero-order chi connectivity index (χ0) is 24.7. The molecule has 3 atom stereocenters. The molecule has 3 nitrogen and oxygen atoms in total. The van der Waals surface area contributed by atoms with Gasteiger partial charge >= 0.3 is 6.18 Å². The van der Waals surface area contributed by atoms with Crippen LogP contribution in [-0.2, 0) is 12.8 Å². The molecular formula is C27H22BrClF3NO2. The molecule has 1 heterocycles. The first kappa shape index (κ1) is 24.1. The third kappa shape index (κ3) is 4.52. The second-order valence-corrected chi connectivity index (χ2v) is 9.93. The summed E-state index contributed by atoms with van der Waals surface area (Å²) in [6.07, 6.45) is 0.00223. The maximum atomic E-state index is 13.8. The first-order valence-corrected chi connectivity index (χ1v) is 12.3. The number of benzene rings is 3. The van der Waals surface area contributed by atoms with Crippen LogP contribution in [0.1, 0.15) is 40.6 Å². The lowest BCUT2D eigenvalue weighted by atomic mass is 9.75. The van der Waals surface area contributed by atoms with E-state index in [0.29, 0.717) is 34.7 Å². The zero-order valence-corrected chi connectivity index (χ0v) is 21.0. The number of hydrogen-bond acceptors (Lipinski definition) is 3. The van der Waals surface area contributed by atoms with E-state index in [1.165, 1.54) is 6.07 Å². The fourth-order valence-electron chi connectivity index (χ4n) is 5.04. The van der Waals surface area contributed by atoms with E-state index >= 15 is 0 Å². The number of halogens is 5. The highest BCUT2D eigenvalue weighted by molar-refractivity contribution is 9.10. The largest absolute Gasteiger partial charge is 0.493 e. The molecule has 1 aliphatic heterocycles. The van der Waals surface area contributed by atoms with E-state index in [2.05, 4.69) is 21.2 Å². The van der Waals surface area contributed by atoms with Crippen LogP contribution in [0.4, 0.5) is 18.9 Å². The summed E-state index contributed by atoms with van der Waals surface area (Å²) < 4.78 is 53.9. The summed E-state index contributed by atoms with van der Waals surface area (Å²) in [7, 11) is 1.57. The van der Waals surface area contributed by atoms with Crippen LogP contribution in [0.3, 0.4) is 0 Å². The fourth-order valence-corrected chi connectivity index (χ4v) is 5.83. The summed E-state index contributed by atoms with van der Waals surface area (Å²) in [6, 6.07) is 15.7. The molecule has 3 aromatic rings. The quantitative estimate of drug-likeness (QED) is 0.315. The van der Waals surface area contributed by atoms with Crippen LogP contribution in [0.15, 0.2) is 71.2 Å². The van der Waals surface area contributed by atoms with Crippen molar-refractivity contribution in [3.63, 3.8) is 0 Å². The normalized spacial score (nSPS) is 20.7. The molecule has 3 aromatic carbocycles. The molecule has 1 aliphatic carbocycles. The summed E-state index contributed by atoms with van der Waals surface area (Å²) in [5.74, 6) is 0.602. The van der Waals surface area contributed by atoms with Crippen molar-refractivity contribution in [3.05, 3.63) is 98.5 Å². The van der Waals surface area contributed by atoms with Gasteiger partial charge in [0.2, 0.25) is 0 Å². The summed E-state index contributed by atoms with van der Waals surface area (Å²) in [5, 5.41) is 3.60. The molecule has 0 aromatic heterocycles. The lowest BCUT2D eigenvalue weighted by molar-refractivity contribution is -0.138. The van der Waals surface area contributed by atoms with Gasteiger partial charge in [-0.2, -0.15) is 13.2 Å². The average molecular weight is 565 g/mol. The molecule has 0 saturated carbocycles. The summed E-state index contributed by atoms with van der Waals surface area (Å²) >= 11 is 10.0. The van der Waals surface area contributed by atoms with Gasteiger partial charge in [-0.3, -0.25) is 0 Å². The van der Waals surface area contributed by atoms with E-state index < -0.39 is 17.7 Å². The predicted octanol–water partition coefficient (Wildman–Crippen LogP) is 8.54. The first-order chi connectivity index (χ1) is 16.8. The maximum Gasteiger partial charge on any atom is 0.416 e. The van der Waals surface area contributed by atoms with Gasteiger partial charge in [-0.25, -0.2) is 0 Å². The molecule has 2 aliphatic rings. The summed E-state index contributed by atoms with van der Waals surface area (Å²) in [4.78, 5) is 0. The van der Waals surface area contributed by atoms with Crippen LogP contribution in [-0.4, -0.2) is 7.11 Å². The van der Waals surface area contributed by atoms with Crippen molar-refractivity contribution in [1.82, 2.24) is 0 Å². The molecule has 0 amide bonds. The molecule has 0 bridgehead atoms. The summed E-state index contributed by atoms with van der Waals surface area (Å²) in [5.41, 5.74) is 1.80. The smallest absolute Gasteiger partial charge is 0.416 e. The maximum absolute atomic E-state index is 13.8. The Kier molecular flexibility index (Phi) is 6.49. The van der Waals surface area contributed by atoms with E-state index in [-0.39, 0.29) is 22.5 Å². The Morgan fingerprint density at radius 1 is 1.11 bits per heavy atom. The summed E-state index contributed by atoms with van der Waals surface area (Å²) in [6.45, 7) is 0.370. The Hall–Kier alpha value is -2.64. The Labute approximate surface area is 215 Å². The first-order valence-electron chi connectivity index (χ1n) is 11.1. The molecule has 0 fully saturated rings. The van der Waals surface area contributed by atoms with Gasteiger partial charge in [0.15, 0.2) is 11.5 Å². The van der Waals surface area contributed by atoms with Gasteiger partial charge in [0.1, 0.15) is 6.61 Å². The zero-order valence-electron chi connectivity index (χ0n) is 18.7. The Morgan fingerprint density at radius 3 is 2.60 bits per heavy atom. The third-order valence-electron chi connectivity index (χ3n) is 6.61. The Balaban J connectivity index is 1.52. The van der Waals surface area contributed by atoms with Crippen LogP contribution < -0.4 is 14.8 Å². The van der Waals surface area contributed by atoms with Gasteiger partial charge < -0.3 is 14.8 Å². The number of anilines is 1. The SMILES string of the molecule is COc1cc([C@@H]2Nc3c(Cl)ccc(C(F)(F)F)c3[C@@H]3C=CC[C@@H]32)cc(Br)c1OCc1ccccc1. The lowest BCUT2D eigenvalue weighted by Crippen LogP contribution is -2.31. The van der Waals surface area contributed by atoms with Gasteiger partial charge in [-0.05, 0) is 69.2 Å². The van der Waals surface area contributed by atoms with Crippen LogP contribution >= 0.6 is 27.5 Å². The molecule has 182 valence electrons. The molecule has 0 radical (unpaired) electrons. The van der Waals surface area contributed by atoms with E-state index in [9.17, 15) is 13.2 Å². The number of fused-ring (bicyclic) bond motifs is 3. The van der Waals surface area contributed by atoms with Crippen LogP contribution in [0.5, 0.6) is 11.5 Å². The molecule has 5 rings (SSSR count). The molecule has 1 N–H and O–H groups in total. The second kappa shape index (κ2) is 9.43. The highest BCUT2D eigenvalue weighted by atomic mass is 79.9. The molecule has 35 heavy (non-hydrogen) atoms. The van der Waals surface area contributed by atoms with Crippen LogP contribution in [0, 0.1) is 5.92 Å². The topological polar surface area (TPSA) is 30.5 Å². The van der Waals surface area contributed by atoms with Gasteiger partial charge in [0.05, 0.1) is 33.9 Å². The number of hydrogen-bond donors (Lipinski definition) is 1. The van der Waals surface area contributed by atoms with Crippen molar-refractivity contribution in [1.29, 1.82) is 0 Å². The standard InChI is InChI=1S/C27H22BrClF3NO2/c1-34-22-13-16(12-20(28)26(22)35-14-15-6-3-2-4-7-15)24-18-9-5-8-17(18)23-19(27(30,31)32)10-11-21(29)25(23)33-24/h2-8,10-13,17-18,24,33H,9,14H2,1H3/t17-,18+,24+/m1/s1. The number of methoxy groups -OCH3 is 1. The number of rotatable bonds is 5. The minimum atomic E-state index is -4.46. The highest BCUT2D eigenvalue weighted by Gasteiger charge is 2.45. The van der Waals surface area contributed by atoms with Crippen molar-refractivity contribution in [2.75, 3.05) is 12.4 Å². The van der Waals surface area contributed by atoms with Gasteiger partial charge in [-0.15, -0.1) is 0 Å². The van der Waals surface area contributed by atoms with Crippen molar-refractivity contribution < 1.29 is 22.6 Å². The number of allylic oxidation sites excluding steroid dienone is 2. The Bertz CT molecular complexity index is 1280. The predicted molar refractivity (Wildman–Crippen MR) is 134 cm³/mol. The van der Waals surface area contributed by atoms with E-state index in [4.69, 9.17) is 21.1 Å². The van der Waals surface area contributed by atoms with E-state index in [0.717, 1.165) is 17.2 Å². The average Bonchev–Trinajstić information content (AvgIpc) is 3.33. The third-order valence-corrected chi connectivity index (χ3v) is 7.52. The fraction of sp³-hybridized carbons (Fsp3) is 0.259. The molecule has 0 saturated heterocycles. The van der Waals surface area contributed by atoms with Crippen molar-refractivity contribution >= 4 is 33.2 Å². The molecular weight excluding hydrogens is 543 g/mol. The van der Waals surface area contributed by atoms with Crippen LogP contribution in [0.2, 0.25) is 5.02 Å². The molecule has 8 heteroatoms. The number of ether oxygens (including phenoxy) is 2. The Morgan fingerprint density at radius 2 is 1.89 bits per heavy atom. The minimum Gasteiger partial charge on any atom is -0.493 e. The van der Waals surface area contributed by atoms with Crippen LogP contribution in [0.25, 0.3) is 0 Å². The van der Waals surface area contributed by atoms with Crippen molar-refractivity contribution in [3.8, 4) is 11.5 Å². The van der Waals surface area contributed by atoms with Gasteiger partial charge in [-0.1, -0.05) is 54.1 Å². The second-order valence-electron chi connectivity index (χ2n) is 8.67. The van der Waals surface area contributed by atoms with Gasteiger partial charge in [0, 0.05) is 5.92 Å². The number of nitrogens with one attached hydrogen (secondary N) is 1. The monoisotopic (exact) mass is 563 g/mol. The van der Waals surface area contributed by atoms with Crippen molar-refractivity contribution in [2.45, 2.75) is 31.2 Å². The van der Waals surface area contributed by atoms with E-state index in [1.807, 2.05) is 54.6 Å². The van der Waals surface area contributed by atoms with E-state index in [1.54, 1.807) is 7.11 Å². The highest BCUT2D eigenvalue weighted by Crippen LogP contribution is 2.55.